The highest BCUT2D eigenvalue weighted by Crippen LogP contribution is 2.44. The number of aryl methyl sites for hydroxylation is 5. The fourth-order valence-electron chi connectivity index (χ4n) is 6.07. The molecule has 0 atom stereocenters. The zero-order valence-corrected chi connectivity index (χ0v) is 23.3. The van der Waals surface area contributed by atoms with Gasteiger partial charge in [0.1, 0.15) is 18.2 Å². The third kappa shape index (κ3) is 4.40. The minimum atomic E-state index is -2.84. The Morgan fingerprint density at radius 2 is 1.62 bits per heavy atom. The van der Waals surface area contributed by atoms with Gasteiger partial charge in [-0.05, 0) is 104 Å². The molecule has 2 aromatic heterocycles. The summed E-state index contributed by atoms with van der Waals surface area (Å²) < 4.78 is 94.7. The van der Waals surface area contributed by atoms with Crippen molar-refractivity contribution in [2.45, 2.75) is 72.9 Å². The number of aromatic nitrogens is 1. The second-order valence-corrected chi connectivity index (χ2v) is 11.8. The highest BCUT2D eigenvalue weighted by molar-refractivity contribution is 6.10. The van der Waals surface area contributed by atoms with E-state index in [2.05, 4.69) is 18.7 Å². The summed E-state index contributed by atoms with van der Waals surface area (Å²) in [4.78, 5) is 3.51. The van der Waals surface area contributed by atoms with Crippen molar-refractivity contribution in [3.63, 3.8) is 0 Å². The van der Waals surface area contributed by atoms with Crippen LogP contribution >= 0.6 is 0 Å². The van der Waals surface area contributed by atoms with Crippen LogP contribution in [-0.2, 0) is 7.05 Å². The number of benzene rings is 3. The number of furan rings is 1. The van der Waals surface area contributed by atoms with Gasteiger partial charge in [0, 0.05) is 36.1 Å². The number of fused-ring (bicyclic) bond motifs is 3. The van der Waals surface area contributed by atoms with Crippen LogP contribution < -0.4 is 4.57 Å². The van der Waals surface area contributed by atoms with Crippen LogP contribution in [0.2, 0.25) is 0 Å². The summed E-state index contributed by atoms with van der Waals surface area (Å²) in [6, 6.07) is 13.4. The Labute approximate surface area is 252 Å². The maximum Gasteiger partial charge on any atom is 0.216 e. The first-order chi connectivity index (χ1) is 23.0. The van der Waals surface area contributed by atoms with Gasteiger partial charge in [-0.25, -0.2) is 9.41 Å². The molecule has 1 aliphatic carbocycles. The lowest BCUT2D eigenvalue weighted by Crippen LogP contribution is -2.31. The normalized spacial score (nSPS) is 21.0. The quantitative estimate of drug-likeness (QED) is 0.166. The van der Waals surface area contributed by atoms with Crippen LogP contribution in [0, 0.1) is 39.5 Å². The molecule has 0 aliphatic heterocycles. The summed E-state index contributed by atoms with van der Waals surface area (Å²) in [5.41, 5.74) is 2.58. The second kappa shape index (κ2) is 9.63. The van der Waals surface area contributed by atoms with Crippen molar-refractivity contribution < 1.29 is 22.7 Å². The molecular weight excluding hydrogens is 488 g/mol. The molecule has 1 aliphatic rings. The number of nitrogens with zero attached hydrogens (tertiary/aromatic N) is 2. The van der Waals surface area contributed by atoms with Crippen LogP contribution in [0.4, 0.5) is 5.69 Å². The van der Waals surface area contributed by atoms with E-state index in [4.69, 9.17) is 23.3 Å². The summed E-state index contributed by atoms with van der Waals surface area (Å²) in [5.74, 6) is -1.20. The van der Waals surface area contributed by atoms with Gasteiger partial charge in [0.15, 0.2) is 11.9 Å². The molecule has 3 aromatic carbocycles. The van der Waals surface area contributed by atoms with E-state index < -0.39 is 26.4 Å². The van der Waals surface area contributed by atoms with Crippen LogP contribution in [0.5, 0.6) is 0 Å². The van der Waals surface area contributed by atoms with Crippen LogP contribution in [0.25, 0.3) is 49.2 Å². The molecule has 6 rings (SSSR count). The molecule has 0 unspecified atom stereocenters. The smallest absolute Gasteiger partial charge is 0.216 e. The molecule has 0 amide bonds. The van der Waals surface area contributed by atoms with Gasteiger partial charge >= 0.3 is 0 Å². The van der Waals surface area contributed by atoms with E-state index in [1.807, 2.05) is 25.1 Å². The van der Waals surface area contributed by atoms with Gasteiger partial charge in [-0.3, -0.25) is 0 Å². The summed E-state index contributed by atoms with van der Waals surface area (Å²) >= 11 is 0. The lowest BCUT2D eigenvalue weighted by molar-refractivity contribution is -0.660. The van der Waals surface area contributed by atoms with Gasteiger partial charge < -0.3 is 4.42 Å². The number of pyridine rings is 1. The van der Waals surface area contributed by atoms with E-state index in [-0.39, 0.29) is 33.2 Å². The van der Waals surface area contributed by atoms with Crippen molar-refractivity contribution >= 4 is 27.6 Å². The van der Waals surface area contributed by atoms with Gasteiger partial charge in [0.2, 0.25) is 5.69 Å². The van der Waals surface area contributed by atoms with E-state index in [0.717, 1.165) is 29.2 Å². The van der Waals surface area contributed by atoms with Crippen molar-refractivity contribution in [2.24, 2.45) is 12.5 Å². The third-order valence-corrected chi connectivity index (χ3v) is 8.52. The van der Waals surface area contributed by atoms with Crippen molar-refractivity contribution in [3.05, 3.63) is 94.0 Å². The molecule has 3 heteroatoms. The predicted octanol–water partition coefficient (Wildman–Crippen LogP) is 10.2. The maximum absolute atomic E-state index is 9.42. The fourth-order valence-corrected chi connectivity index (χ4v) is 6.07. The average molecular weight is 538 g/mol. The summed E-state index contributed by atoms with van der Waals surface area (Å²) in [5, 5.41) is 1.56. The van der Waals surface area contributed by atoms with Crippen molar-refractivity contribution in [2.75, 3.05) is 0 Å². The standard InChI is InChI=1S/C37H39N2O/c1-22-9-11-30-29-12-10-28(38-7)19-33(29)40-36(30)35(22)32-20-31(25(4)21-39(32)8)34-23(2)17-27(18-24(34)3)26-13-15-37(5,6)16-14-26/h9-12,17-21,26H,13-16H2,1-6,8H3/q+1/i2D3,3D3,4D3,26D. The Morgan fingerprint density at radius 3 is 2.30 bits per heavy atom. The average Bonchev–Trinajstić information content (AvgIpc) is 3.38. The van der Waals surface area contributed by atoms with Gasteiger partial charge in [-0.2, -0.15) is 0 Å². The van der Waals surface area contributed by atoms with E-state index in [1.54, 1.807) is 29.8 Å². The molecule has 1 fully saturated rings. The molecule has 2 heterocycles. The molecule has 40 heavy (non-hydrogen) atoms. The van der Waals surface area contributed by atoms with Gasteiger partial charge in [0.25, 0.3) is 0 Å². The van der Waals surface area contributed by atoms with Crippen LogP contribution in [-0.4, -0.2) is 0 Å². The van der Waals surface area contributed by atoms with Crippen LogP contribution in [0.3, 0.4) is 0 Å². The van der Waals surface area contributed by atoms with E-state index >= 15 is 0 Å². The lowest BCUT2D eigenvalue weighted by atomic mass is 9.71. The van der Waals surface area contributed by atoms with Crippen LogP contribution in [0.15, 0.2) is 59.1 Å². The summed E-state index contributed by atoms with van der Waals surface area (Å²) in [6.07, 6.45) is 3.72. The Kier molecular flexibility index (Phi) is 4.10. The lowest BCUT2D eigenvalue weighted by Gasteiger charge is -2.35. The molecule has 0 N–H and O–H groups in total. The fraction of sp³-hybridized carbons (Fsp3) is 0.351. The Hall–Kier alpha value is -3.90. The Balaban J connectivity index is 1.71. The highest BCUT2D eigenvalue weighted by Gasteiger charge is 2.29. The summed E-state index contributed by atoms with van der Waals surface area (Å²) in [6.45, 7) is 5.13. The van der Waals surface area contributed by atoms with Crippen molar-refractivity contribution in [1.82, 2.24) is 0 Å². The highest BCUT2D eigenvalue weighted by atomic mass is 16.3. The second-order valence-electron chi connectivity index (χ2n) is 11.8. The molecule has 1 saturated carbocycles. The molecule has 3 nitrogen and oxygen atoms in total. The molecule has 202 valence electrons. The first kappa shape index (κ1) is 17.0. The Morgan fingerprint density at radius 1 is 0.925 bits per heavy atom. The predicted molar refractivity (Wildman–Crippen MR) is 166 cm³/mol. The van der Waals surface area contributed by atoms with Crippen molar-refractivity contribution in [1.29, 1.82) is 0 Å². The molecule has 0 bridgehead atoms. The van der Waals surface area contributed by atoms with Gasteiger partial charge in [-0.1, -0.05) is 50.2 Å². The van der Waals surface area contributed by atoms with E-state index in [9.17, 15) is 1.37 Å². The van der Waals surface area contributed by atoms with Crippen LogP contribution in [0.1, 0.15) is 86.9 Å². The van der Waals surface area contributed by atoms with Crippen molar-refractivity contribution in [3.8, 4) is 22.4 Å². The minimum absolute atomic E-state index is 0.00879. The molecular formula is C37H39N2O+. The monoisotopic (exact) mass is 537 g/mol. The van der Waals surface area contributed by atoms with Gasteiger partial charge in [-0.15, -0.1) is 0 Å². The SMILES string of the molecule is [2H]C([2H])([2H])c1c[n+](C)c(-c2c(C)ccc3c2oc2cc([N+]#[C-])ccc23)cc1-c1c(C([2H])([2H])[2H])cc(C2([2H])CCC(C)(C)CC2)cc1C([2H])([2H])[2H]. The molecule has 0 saturated heterocycles. The number of hydrogen-bond acceptors (Lipinski definition) is 1. The number of rotatable bonds is 3. The molecule has 0 spiro atoms. The minimum Gasteiger partial charge on any atom is -0.456 e. The van der Waals surface area contributed by atoms with E-state index in [0.29, 0.717) is 46.5 Å². The largest absolute Gasteiger partial charge is 0.456 e. The van der Waals surface area contributed by atoms with E-state index in [1.165, 1.54) is 18.3 Å². The number of hydrogen-bond donors (Lipinski definition) is 0. The summed E-state index contributed by atoms with van der Waals surface area (Å²) in [7, 11) is 1.68. The van der Waals surface area contributed by atoms with Gasteiger partial charge in [0.05, 0.1) is 12.1 Å². The molecule has 5 aromatic rings. The maximum atomic E-state index is 9.42. The first-order valence-corrected chi connectivity index (χ1v) is 13.6. The Bertz CT molecular complexity index is 2170. The molecule has 0 radical (unpaired) electrons. The zero-order chi connectivity index (χ0) is 36.8. The topological polar surface area (TPSA) is 21.4 Å². The first-order valence-electron chi connectivity index (χ1n) is 18.6. The third-order valence-electron chi connectivity index (χ3n) is 8.52. The zero-order valence-electron chi connectivity index (χ0n) is 33.3.